The molecule has 0 aromatic carbocycles. The Morgan fingerprint density at radius 3 is 2.60 bits per heavy atom. The number of hydrogen-bond acceptors (Lipinski definition) is 7. The van der Waals surface area contributed by atoms with Crippen LogP contribution in [0, 0.1) is 5.92 Å². The van der Waals surface area contributed by atoms with Gasteiger partial charge in [0.05, 0.1) is 34.3 Å². The number of alkyl halides is 5. The van der Waals surface area contributed by atoms with Gasteiger partial charge in [0.1, 0.15) is 12.3 Å². The molecule has 4 heterocycles. The number of anilines is 1. The highest BCUT2D eigenvalue weighted by atomic mass is 35.5. The molecule has 1 atom stereocenters. The molecule has 0 bridgehead atoms. The van der Waals surface area contributed by atoms with E-state index in [1.54, 1.807) is 0 Å². The number of pyridine rings is 1. The molecule has 4 rings (SSSR count). The van der Waals surface area contributed by atoms with E-state index in [2.05, 4.69) is 20.2 Å². The van der Waals surface area contributed by atoms with Gasteiger partial charge in [-0.1, -0.05) is 11.6 Å². The van der Waals surface area contributed by atoms with Gasteiger partial charge in [0, 0.05) is 25.0 Å². The lowest BCUT2D eigenvalue weighted by Crippen LogP contribution is -2.32. The van der Waals surface area contributed by atoms with Crippen molar-refractivity contribution in [3.63, 3.8) is 0 Å². The summed E-state index contributed by atoms with van der Waals surface area (Å²) in [5.74, 6) is -5.18. The van der Waals surface area contributed by atoms with Crippen molar-refractivity contribution in [3.8, 4) is 17.1 Å². The molecule has 1 aliphatic rings. The van der Waals surface area contributed by atoms with Crippen LogP contribution >= 0.6 is 11.6 Å². The number of aromatic amines is 3. The maximum absolute atomic E-state index is 14.7. The Hall–Kier alpha value is -3.75. The summed E-state index contributed by atoms with van der Waals surface area (Å²) in [5, 5.41) is 5.14. The SMILES string of the molecule is O=c1[nH]cc(-c2cc(N3CC(COc4cc(Cl)c(C(F)(F)F)cn4)C(F)(F)C3)c(=O)[nH]n2)c(=O)[nH]1. The quantitative estimate of drug-likeness (QED) is 0.438. The summed E-state index contributed by atoms with van der Waals surface area (Å²) in [4.78, 5) is 44.2. The zero-order chi connectivity index (χ0) is 25.5. The topological polar surface area (TPSA) is 137 Å². The average molecular weight is 521 g/mol. The monoisotopic (exact) mass is 520 g/mol. The van der Waals surface area contributed by atoms with E-state index in [-0.39, 0.29) is 29.4 Å². The largest absolute Gasteiger partial charge is 0.477 e. The molecule has 1 unspecified atom stereocenters. The minimum Gasteiger partial charge on any atom is -0.477 e. The molecule has 3 N–H and O–H groups in total. The van der Waals surface area contributed by atoms with E-state index in [4.69, 9.17) is 16.3 Å². The number of nitrogens with zero attached hydrogens (tertiary/aromatic N) is 3. The summed E-state index contributed by atoms with van der Waals surface area (Å²) in [6.45, 7) is -1.87. The van der Waals surface area contributed by atoms with Crippen LogP contribution in [0.2, 0.25) is 5.02 Å². The van der Waals surface area contributed by atoms with Crippen molar-refractivity contribution in [2.24, 2.45) is 5.92 Å². The van der Waals surface area contributed by atoms with Crippen LogP contribution in [0.4, 0.5) is 27.6 Å². The Morgan fingerprint density at radius 1 is 1.20 bits per heavy atom. The van der Waals surface area contributed by atoms with Crippen LogP contribution in [0.25, 0.3) is 11.3 Å². The molecule has 10 nitrogen and oxygen atoms in total. The summed E-state index contributed by atoms with van der Waals surface area (Å²) in [5.41, 5.74) is -3.98. The van der Waals surface area contributed by atoms with Gasteiger partial charge < -0.3 is 14.6 Å². The lowest BCUT2D eigenvalue weighted by Gasteiger charge is -2.17. The first-order valence-corrected chi connectivity index (χ1v) is 10.1. The highest BCUT2D eigenvalue weighted by Gasteiger charge is 2.49. The zero-order valence-corrected chi connectivity index (χ0v) is 18.0. The van der Waals surface area contributed by atoms with Crippen LogP contribution in [-0.2, 0) is 6.18 Å². The third-order valence-corrected chi connectivity index (χ3v) is 5.54. The molecule has 1 saturated heterocycles. The molecule has 16 heteroatoms. The molecule has 0 aliphatic carbocycles. The second-order valence-corrected chi connectivity index (χ2v) is 8.01. The minimum atomic E-state index is -4.74. The molecule has 1 aliphatic heterocycles. The number of nitrogens with one attached hydrogen (secondary N) is 3. The van der Waals surface area contributed by atoms with Crippen molar-refractivity contribution in [3.05, 3.63) is 66.3 Å². The zero-order valence-electron chi connectivity index (χ0n) is 17.3. The lowest BCUT2D eigenvalue weighted by atomic mass is 10.1. The first-order chi connectivity index (χ1) is 16.3. The molecule has 3 aromatic rings. The van der Waals surface area contributed by atoms with Gasteiger partial charge in [-0.15, -0.1) is 0 Å². The number of ether oxygens (including phenoxy) is 1. The van der Waals surface area contributed by atoms with Gasteiger partial charge in [-0.05, 0) is 6.07 Å². The molecular weight excluding hydrogens is 507 g/mol. The molecule has 1 fully saturated rings. The van der Waals surface area contributed by atoms with Gasteiger partial charge in [-0.2, -0.15) is 18.3 Å². The van der Waals surface area contributed by atoms with Crippen LogP contribution in [0.3, 0.4) is 0 Å². The molecule has 0 radical (unpaired) electrons. The molecule has 3 aromatic heterocycles. The van der Waals surface area contributed by atoms with Crippen molar-refractivity contribution in [1.82, 2.24) is 25.1 Å². The van der Waals surface area contributed by atoms with Gasteiger partial charge in [0.15, 0.2) is 0 Å². The summed E-state index contributed by atoms with van der Waals surface area (Å²) < 4.78 is 72.9. The van der Waals surface area contributed by atoms with E-state index in [0.717, 1.165) is 23.2 Å². The third-order valence-electron chi connectivity index (χ3n) is 5.23. The fourth-order valence-corrected chi connectivity index (χ4v) is 3.71. The lowest BCUT2D eigenvalue weighted by molar-refractivity contribution is -0.137. The predicted molar refractivity (Wildman–Crippen MR) is 112 cm³/mol. The summed E-state index contributed by atoms with van der Waals surface area (Å²) in [6, 6.07) is 1.90. The number of H-pyrrole nitrogens is 3. The first-order valence-electron chi connectivity index (χ1n) is 9.75. The maximum atomic E-state index is 14.7. The Bertz CT molecular complexity index is 1440. The van der Waals surface area contributed by atoms with E-state index in [0.29, 0.717) is 6.20 Å². The smallest absolute Gasteiger partial charge is 0.419 e. The Labute approximate surface area is 195 Å². The first kappa shape index (κ1) is 24.4. The summed E-state index contributed by atoms with van der Waals surface area (Å²) in [7, 11) is 0. The Morgan fingerprint density at radius 2 is 1.94 bits per heavy atom. The molecule has 186 valence electrons. The van der Waals surface area contributed by atoms with Crippen LogP contribution in [0.5, 0.6) is 5.88 Å². The molecule has 0 saturated carbocycles. The molecular formula is C19H14ClF5N6O4. The highest BCUT2D eigenvalue weighted by Crippen LogP contribution is 2.37. The van der Waals surface area contributed by atoms with Crippen LogP contribution < -0.4 is 26.4 Å². The number of rotatable bonds is 5. The second-order valence-electron chi connectivity index (χ2n) is 7.60. The van der Waals surface area contributed by atoms with Crippen LogP contribution in [0.1, 0.15) is 5.56 Å². The molecule has 0 amide bonds. The van der Waals surface area contributed by atoms with E-state index in [1.165, 1.54) is 0 Å². The predicted octanol–water partition coefficient (Wildman–Crippen LogP) is 2.03. The number of halogens is 6. The standard InChI is InChI=1S/C19H14ClF5N6O4/c20-11-1-14(26-4-10(11)19(23,24)25)35-6-8-5-31(7-18(8,21)22)13-2-12(29-30-16(13)33)9-3-27-17(34)28-15(9)32/h1-4,8H,5-7H2,(H,30,33)(H2,27,28,32,34). The van der Waals surface area contributed by atoms with Gasteiger partial charge in [-0.25, -0.2) is 23.7 Å². The van der Waals surface area contributed by atoms with E-state index >= 15 is 0 Å². The van der Waals surface area contributed by atoms with E-state index < -0.39 is 58.6 Å². The van der Waals surface area contributed by atoms with Gasteiger partial charge in [-0.3, -0.25) is 14.6 Å². The van der Waals surface area contributed by atoms with E-state index in [9.17, 15) is 36.3 Å². The molecule has 35 heavy (non-hydrogen) atoms. The molecule has 0 spiro atoms. The van der Waals surface area contributed by atoms with Gasteiger partial charge >= 0.3 is 11.9 Å². The van der Waals surface area contributed by atoms with Gasteiger partial charge in [0.2, 0.25) is 5.88 Å². The van der Waals surface area contributed by atoms with Crippen molar-refractivity contribution in [2.75, 3.05) is 24.6 Å². The second kappa shape index (κ2) is 8.79. The third kappa shape index (κ3) is 5.03. The van der Waals surface area contributed by atoms with E-state index in [1.807, 2.05) is 4.98 Å². The Balaban J connectivity index is 1.53. The van der Waals surface area contributed by atoms with Crippen LogP contribution in [0.15, 0.2) is 38.9 Å². The highest BCUT2D eigenvalue weighted by molar-refractivity contribution is 6.31. The van der Waals surface area contributed by atoms with Gasteiger partial charge in [0.25, 0.3) is 17.0 Å². The maximum Gasteiger partial charge on any atom is 0.419 e. The van der Waals surface area contributed by atoms with Crippen molar-refractivity contribution in [1.29, 1.82) is 0 Å². The van der Waals surface area contributed by atoms with Crippen molar-refractivity contribution < 1.29 is 26.7 Å². The fraction of sp³-hybridized carbons (Fsp3) is 0.316. The van der Waals surface area contributed by atoms with Crippen LogP contribution in [-0.4, -0.2) is 50.8 Å². The summed E-state index contributed by atoms with van der Waals surface area (Å²) >= 11 is 5.59. The Kier molecular flexibility index (Phi) is 6.12. The number of hydrogen-bond donors (Lipinski definition) is 3. The average Bonchev–Trinajstić information content (AvgIpc) is 3.06. The normalized spacial score (nSPS) is 17.5. The summed E-state index contributed by atoms with van der Waals surface area (Å²) in [6.07, 6.45) is -3.24. The fourth-order valence-electron chi connectivity index (χ4n) is 3.46. The van der Waals surface area contributed by atoms with Crippen molar-refractivity contribution >= 4 is 17.3 Å². The minimum absolute atomic E-state index is 0.0799. The van der Waals surface area contributed by atoms with Crippen molar-refractivity contribution in [2.45, 2.75) is 12.1 Å². The number of aromatic nitrogens is 5.